The van der Waals surface area contributed by atoms with Crippen LogP contribution in [-0.4, -0.2) is 49.0 Å². The molecule has 0 aliphatic carbocycles. The fraction of sp³-hybridized carbons (Fsp3) is 0.226. The Kier molecular flexibility index (Phi) is 7.97. The van der Waals surface area contributed by atoms with E-state index in [2.05, 4.69) is 51.4 Å². The lowest BCUT2D eigenvalue weighted by molar-refractivity contribution is -0.0908. The van der Waals surface area contributed by atoms with E-state index in [1.54, 1.807) is 6.33 Å². The van der Waals surface area contributed by atoms with Gasteiger partial charge in [-0.2, -0.15) is 0 Å². The summed E-state index contributed by atoms with van der Waals surface area (Å²) in [6.45, 7) is 0.237. The van der Waals surface area contributed by atoms with Crippen LogP contribution in [0.1, 0.15) is 29.3 Å². The molecule has 5 aromatic rings. The lowest BCUT2D eigenvalue weighted by atomic mass is 9.80. The average Bonchev–Trinajstić information content (AvgIpc) is 3.64. The predicted octanol–water partition coefficient (Wildman–Crippen LogP) is 5.74. The van der Waals surface area contributed by atoms with Gasteiger partial charge in [0.05, 0.1) is 12.9 Å². The molecule has 1 aliphatic heterocycles. The topological polar surface area (TPSA) is 97.3 Å². The summed E-state index contributed by atoms with van der Waals surface area (Å²) in [6.07, 6.45) is 4.34. The molecule has 0 amide bonds. The Morgan fingerprint density at radius 2 is 1.54 bits per heavy atom. The zero-order valence-corrected chi connectivity index (χ0v) is 24.0. The molecule has 10 heteroatoms. The summed E-state index contributed by atoms with van der Waals surface area (Å²) in [7, 11) is 0. The maximum Gasteiger partial charge on any atom is 0.220 e. The Morgan fingerprint density at radius 3 is 2.10 bits per heavy atom. The van der Waals surface area contributed by atoms with E-state index < -0.39 is 17.9 Å². The largest absolute Gasteiger partial charge is 0.472 e. The van der Waals surface area contributed by atoms with Crippen molar-refractivity contribution >= 4 is 45.3 Å². The van der Waals surface area contributed by atoms with Gasteiger partial charge in [-0.3, -0.25) is 4.57 Å². The molecule has 6 rings (SSSR count). The van der Waals surface area contributed by atoms with Gasteiger partial charge in [-0.1, -0.05) is 103 Å². The van der Waals surface area contributed by atoms with Crippen LogP contribution in [0.15, 0.2) is 104 Å². The van der Waals surface area contributed by atoms with E-state index in [1.807, 2.05) is 65.4 Å². The highest BCUT2D eigenvalue weighted by atomic mass is 32.2. The number of rotatable bonds is 8. The van der Waals surface area contributed by atoms with Crippen molar-refractivity contribution in [1.82, 2.24) is 19.5 Å². The molecule has 0 spiro atoms. The molecule has 0 radical (unpaired) electrons. The summed E-state index contributed by atoms with van der Waals surface area (Å²) < 4.78 is 22.2. The zero-order valence-electron chi connectivity index (χ0n) is 22.4. The average molecular weight is 584 g/mol. The second-order valence-corrected chi connectivity index (χ2v) is 11.1. The lowest BCUT2D eigenvalue weighted by Gasteiger charge is -2.37. The van der Waals surface area contributed by atoms with Gasteiger partial charge in [0, 0.05) is 6.42 Å². The molecule has 3 atom stereocenters. The third-order valence-electron chi connectivity index (χ3n) is 7.30. The summed E-state index contributed by atoms with van der Waals surface area (Å²) in [6, 6.07) is 30.8. The van der Waals surface area contributed by atoms with Gasteiger partial charge in [0.25, 0.3) is 0 Å². The molecule has 1 unspecified atom stereocenters. The van der Waals surface area contributed by atoms with Crippen molar-refractivity contribution in [3.8, 4) is 0 Å². The molecular formula is C31H29N5O3S2. The van der Waals surface area contributed by atoms with E-state index in [0.717, 1.165) is 16.7 Å². The van der Waals surface area contributed by atoms with Crippen LogP contribution in [0.5, 0.6) is 0 Å². The van der Waals surface area contributed by atoms with Gasteiger partial charge in [0.15, 0.2) is 11.5 Å². The minimum absolute atomic E-state index is 0.237. The molecule has 1 aliphatic rings. The van der Waals surface area contributed by atoms with Gasteiger partial charge < -0.3 is 19.9 Å². The molecule has 8 nitrogen and oxygen atoms in total. The Balaban J connectivity index is 1.38. The van der Waals surface area contributed by atoms with Crippen LogP contribution in [0.3, 0.4) is 0 Å². The smallest absolute Gasteiger partial charge is 0.220 e. The van der Waals surface area contributed by atoms with Crippen molar-refractivity contribution < 1.29 is 14.2 Å². The Labute approximate surface area is 247 Å². The van der Waals surface area contributed by atoms with Gasteiger partial charge >= 0.3 is 0 Å². The highest BCUT2D eigenvalue weighted by Crippen LogP contribution is 2.42. The standard InChI is InChI=1S/C31H29N5O3S2/c1-41-30(40)39-24-17-26(36-20-35-27-28(32)33-19-34-29(27)36)38-25(24)18-37-31(21-11-5-2-6-12-21,22-13-7-3-8-14-22)23-15-9-4-10-16-23/h2-16,19-20,24-26H,17-18H2,1H3,(H2,32,33,34)/t24?,25-,26-/m1/s1. The summed E-state index contributed by atoms with van der Waals surface area (Å²) in [5, 5.41) is 0. The van der Waals surface area contributed by atoms with Gasteiger partial charge in [-0.05, 0) is 35.2 Å². The summed E-state index contributed by atoms with van der Waals surface area (Å²) in [4.78, 5) is 12.9. The van der Waals surface area contributed by atoms with Crippen LogP contribution in [0.25, 0.3) is 11.2 Å². The van der Waals surface area contributed by atoms with Crippen LogP contribution >= 0.6 is 24.0 Å². The van der Waals surface area contributed by atoms with Gasteiger partial charge in [0.1, 0.15) is 35.9 Å². The number of benzene rings is 3. The fourth-order valence-corrected chi connectivity index (χ4v) is 5.72. The molecule has 2 N–H and O–H groups in total. The number of hydrogen-bond acceptors (Lipinski definition) is 9. The van der Waals surface area contributed by atoms with E-state index in [9.17, 15) is 0 Å². The second kappa shape index (κ2) is 12.0. The number of nitrogens with zero attached hydrogens (tertiary/aromatic N) is 4. The van der Waals surface area contributed by atoms with Crippen molar-refractivity contribution in [2.24, 2.45) is 0 Å². The molecule has 1 saturated heterocycles. The summed E-state index contributed by atoms with van der Waals surface area (Å²) >= 11 is 6.84. The molecule has 41 heavy (non-hydrogen) atoms. The van der Waals surface area contributed by atoms with Gasteiger partial charge in [-0.25, -0.2) is 15.0 Å². The highest BCUT2D eigenvalue weighted by Gasteiger charge is 2.43. The number of nitrogen functional groups attached to an aromatic ring is 1. The van der Waals surface area contributed by atoms with Crippen molar-refractivity contribution in [3.05, 3.63) is 120 Å². The van der Waals surface area contributed by atoms with Crippen molar-refractivity contribution in [2.75, 3.05) is 18.6 Å². The third-order valence-corrected chi connectivity index (χ3v) is 8.32. The van der Waals surface area contributed by atoms with Gasteiger partial charge in [-0.15, -0.1) is 0 Å². The van der Waals surface area contributed by atoms with E-state index in [0.29, 0.717) is 27.8 Å². The first-order chi connectivity index (χ1) is 20.1. The Bertz CT molecular complexity index is 1520. The molecule has 0 bridgehead atoms. The lowest BCUT2D eigenvalue weighted by Crippen LogP contribution is -2.38. The maximum absolute atomic E-state index is 7.06. The fourth-order valence-electron chi connectivity index (χ4n) is 5.37. The first-order valence-electron chi connectivity index (χ1n) is 13.2. The number of aromatic nitrogens is 4. The molecule has 208 valence electrons. The second-order valence-electron chi connectivity index (χ2n) is 9.65. The number of nitrogens with two attached hydrogens (primary N) is 1. The van der Waals surface area contributed by atoms with Crippen LogP contribution in [0.4, 0.5) is 5.82 Å². The van der Waals surface area contributed by atoms with E-state index in [-0.39, 0.29) is 12.7 Å². The molecule has 0 saturated carbocycles. The van der Waals surface area contributed by atoms with Crippen LogP contribution in [0.2, 0.25) is 0 Å². The molecule has 3 aromatic carbocycles. The van der Waals surface area contributed by atoms with Crippen LogP contribution in [-0.2, 0) is 19.8 Å². The van der Waals surface area contributed by atoms with E-state index in [4.69, 9.17) is 32.2 Å². The SMILES string of the molecule is CSC(=S)OC1C[C@H](n2cnc3c(N)ncnc32)O[C@@H]1COC(c1ccccc1)(c1ccccc1)c1ccccc1. The first-order valence-corrected chi connectivity index (χ1v) is 14.9. The number of thioether (sulfide) groups is 1. The van der Waals surface area contributed by atoms with Crippen LogP contribution < -0.4 is 5.73 Å². The Hall–Kier alpha value is -3.83. The van der Waals surface area contributed by atoms with Crippen molar-refractivity contribution in [3.63, 3.8) is 0 Å². The maximum atomic E-state index is 7.06. The number of thiocarbonyl (C=S) groups is 1. The van der Waals surface area contributed by atoms with Crippen LogP contribution in [0, 0.1) is 0 Å². The number of imidazole rings is 1. The minimum Gasteiger partial charge on any atom is -0.472 e. The number of anilines is 1. The normalized spacial score (nSPS) is 18.9. The van der Waals surface area contributed by atoms with Crippen molar-refractivity contribution in [1.29, 1.82) is 0 Å². The monoisotopic (exact) mass is 583 g/mol. The van der Waals surface area contributed by atoms with E-state index >= 15 is 0 Å². The quantitative estimate of drug-likeness (QED) is 0.181. The first kappa shape index (κ1) is 27.3. The third kappa shape index (κ3) is 5.31. The minimum atomic E-state index is -0.890. The molecule has 2 aromatic heterocycles. The van der Waals surface area contributed by atoms with Crippen molar-refractivity contribution in [2.45, 2.75) is 30.5 Å². The number of fused-ring (bicyclic) bond motifs is 1. The van der Waals surface area contributed by atoms with Gasteiger partial charge in [0.2, 0.25) is 4.38 Å². The molecule has 3 heterocycles. The molecular weight excluding hydrogens is 555 g/mol. The molecule has 1 fully saturated rings. The Morgan fingerprint density at radius 1 is 0.951 bits per heavy atom. The predicted molar refractivity (Wildman–Crippen MR) is 164 cm³/mol. The van der Waals surface area contributed by atoms with E-state index in [1.165, 1.54) is 18.1 Å². The number of ether oxygens (including phenoxy) is 3. The summed E-state index contributed by atoms with van der Waals surface area (Å²) in [5.74, 6) is 0.321. The number of hydrogen-bond donors (Lipinski definition) is 1. The zero-order chi connectivity index (χ0) is 28.2. The summed E-state index contributed by atoms with van der Waals surface area (Å²) in [5.41, 5.74) is 9.31. The highest BCUT2D eigenvalue weighted by molar-refractivity contribution is 8.22.